The van der Waals surface area contributed by atoms with E-state index in [0.717, 1.165) is 16.8 Å². The van der Waals surface area contributed by atoms with E-state index in [1.807, 2.05) is 11.7 Å². The van der Waals surface area contributed by atoms with Crippen LogP contribution < -0.4 is 5.32 Å². The quantitative estimate of drug-likeness (QED) is 0.911. The zero-order valence-electron chi connectivity index (χ0n) is 12.3. The second-order valence-corrected chi connectivity index (χ2v) is 5.74. The smallest absolute Gasteiger partial charge is 0.272 e. The fourth-order valence-electron chi connectivity index (χ4n) is 2.97. The van der Waals surface area contributed by atoms with E-state index < -0.39 is 0 Å². The number of benzene rings is 1. The minimum atomic E-state index is -0.0794. The summed E-state index contributed by atoms with van der Waals surface area (Å²) in [6, 6.07) is 8.22. The van der Waals surface area contributed by atoms with Crippen LogP contribution in [0.3, 0.4) is 0 Å². The Balaban J connectivity index is 2.15. The molecule has 3 rings (SSSR count). The summed E-state index contributed by atoms with van der Waals surface area (Å²) in [5.74, 6) is 0.255. The van der Waals surface area contributed by atoms with Crippen LogP contribution in [0.1, 0.15) is 58.7 Å². The normalized spacial score (nSPS) is 17.4. The summed E-state index contributed by atoms with van der Waals surface area (Å²) < 4.78 is 1.84. The van der Waals surface area contributed by atoms with E-state index in [9.17, 15) is 4.79 Å². The minimum absolute atomic E-state index is 0.0759. The number of hydrogen-bond acceptors (Lipinski definition) is 2. The van der Waals surface area contributed by atoms with Crippen molar-refractivity contribution >= 4 is 5.91 Å². The number of nitrogens with zero attached hydrogens (tertiary/aromatic N) is 2. The molecule has 1 unspecified atom stereocenters. The lowest BCUT2D eigenvalue weighted by Crippen LogP contribution is -2.22. The second-order valence-electron chi connectivity index (χ2n) is 5.74. The lowest BCUT2D eigenvalue weighted by atomic mass is 9.95. The number of amides is 1. The van der Waals surface area contributed by atoms with Gasteiger partial charge in [-0.05, 0) is 18.4 Å². The molecule has 0 radical (unpaired) electrons. The molecule has 0 bridgehead atoms. The predicted molar refractivity (Wildman–Crippen MR) is 77.8 cm³/mol. The third kappa shape index (κ3) is 1.83. The van der Waals surface area contributed by atoms with Crippen LogP contribution in [0.15, 0.2) is 24.3 Å². The molecular weight excluding hydrogens is 250 g/mol. The number of fused-ring (bicyclic) bond motifs is 1. The fourth-order valence-corrected chi connectivity index (χ4v) is 2.97. The number of hydrogen-bond donors (Lipinski definition) is 1. The molecular formula is C16H19N3O. The topological polar surface area (TPSA) is 46.9 Å². The van der Waals surface area contributed by atoms with Gasteiger partial charge in [-0.25, -0.2) is 0 Å². The third-order valence-electron chi connectivity index (χ3n) is 3.87. The summed E-state index contributed by atoms with van der Waals surface area (Å²) in [4.78, 5) is 12.1. The molecule has 0 aliphatic carbocycles. The maximum Gasteiger partial charge on any atom is 0.272 e. The Kier molecular flexibility index (Phi) is 2.89. The maximum absolute atomic E-state index is 12.1. The van der Waals surface area contributed by atoms with Crippen LogP contribution in [0.25, 0.3) is 0 Å². The van der Waals surface area contributed by atoms with Gasteiger partial charge in [-0.3, -0.25) is 9.48 Å². The van der Waals surface area contributed by atoms with Gasteiger partial charge in [0.15, 0.2) is 5.69 Å². The molecule has 0 saturated heterocycles. The fraction of sp³-hybridized carbons (Fsp3) is 0.375. The molecule has 0 saturated carbocycles. The van der Waals surface area contributed by atoms with Crippen LogP contribution >= 0.6 is 0 Å². The van der Waals surface area contributed by atoms with Gasteiger partial charge >= 0.3 is 0 Å². The Morgan fingerprint density at radius 3 is 2.50 bits per heavy atom. The van der Waals surface area contributed by atoms with E-state index in [2.05, 4.69) is 55.5 Å². The van der Waals surface area contributed by atoms with Crippen LogP contribution in [0.2, 0.25) is 0 Å². The van der Waals surface area contributed by atoms with Crippen molar-refractivity contribution in [3.63, 3.8) is 0 Å². The first-order chi connectivity index (χ1) is 9.49. The molecule has 1 atom stereocenters. The molecule has 4 nitrogen and oxygen atoms in total. The van der Waals surface area contributed by atoms with Crippen LogP contribution in [0.4, 0.5) is 0 Å². The SMILES string of the molecule is Cc1ccc(C2NC(=O)c3nn(C)c(C(C)C)c32)cc1. The lowest BCUT2D eigenvalue weighted by Gasteiger charge is -2.16. The average Bonchev–Trinajstić information content (AvgIpc) is 2.88. The number of carbonyl (C=O) groups is 1. The molecule has 1 aliphatic rings. The number of aromatic nitrogens is 2. The Hall–Kier alpha value is -2.10. The van der Waals surface area contributed by atoms with Gasteiger partial charge in [0.25, 0.3) is 5.91 Å². The van der Waals surface area contributed by atoms with E-state index in [-0.39, 0.29) is 11.9 Å². The van der Waals surface area contributed by atoms with Crippen molar-refractivity contribution in [1.82, 2.24) is 15.1 Å². The van der Waals surface area contributed by atoms with Crippen LogP contribution in [-0.4, -0.2) is 15.7 Å². The van der Waals surface area contributed by atoms with Crippen LogP contribution in [0, 0.1) is 6.92 Å². The lowest BCUT2D eigenvalue weighted by molar-refractivity contribution is 0.0954. The first-order valence-electron chi connectivity index (χ1n) is 6.93. The van der Waals surface area contributed by atoms with Crippen molar-refractivity contribution in [3.8, 4) is 0 Å². The number of rotatable bonds is 2. The molecule has 1 aliphatic heterocycles. The molecule has 1 amide bonds. The number of carbonyl (C=O) groups excluding carboxylic acids is 1. The van der Waals surface area contributed by atoms with Gasteiger partial charge in [0.05, 0.1) is 6.04 Å². The Morgan fingerprint density at radius 1 is 1.25 bits per heavy atom. The summed E-state index contributed by atoms with van der Waals surface area (Å²) in [5.41, 5.74) is 5.06. The molecule has 1 N–H and O–H groups in total. The Labute approximate surface area is 118 Å². The van der Waals surface area contributed by atoms with E-state index >= 15 is 0 Å². The molecule has 0 fully saturated rings. The summed E-state index contributed by atoms with van der Waals surface area (Å²) in [7, 11) is 1.91. The molecule has 20 heavy (non-hydrogen) atoms. The number of aryl methyl sites for hydroxylation is 2. The van der Waals surface area contributed by atoms with Gasteiger partial charge < -0.3 is 5.32 Å². The minimum Gasteiger partial charge on any atom is -0.340 e. The van der Waals surface area contributed by atoms with Gasteiger partial charge in [-0.15, -0.1) is 0 Å². The van der Waals surface area contributed by atoms with Crippen LogP contribution in [-0.2, 0) is 7.05 Å². The highest BCUT2D eigenvalue weighted by atomic mass is 16.2. The molecule has 1 aromatic carbocycles. The van der Waals surface area contributed by atoms with Crippen molar-refractivity contribution in [2.75, 3.05) is 0 Å². The standard InChI is InChI=1S/C16H19N3O/c1-9(2)15-12-13(11-7-5-10(3)6-8-11)17-16(20)14(12)18-19(15)4/h5-9,13H,1-4H3,(H,17,20). The van der Waals surface area contributed by atoms with Crippen molar-refractivity contribution in [2.45, 2.75) is 32.7 Å². The highest BCUT2D eigenvalue weighted by molar-refractivity contribution is 5.98. The maximum atomic E-state index is 12.1. The Bertz CT molecular complexity index is 668. The van der Waals surface area contributed by atoms with Gasteiger partial charge in [0, 0.05) is 18.3 Å². The first kappa shape index (κ1) is 12.9. The molecule has 1 aromatic heterocycles. The van der Waals surface area contributed by atoms with E-state index in [1.54, 1.807) is 0 Å². The molecule has 2 heterocycles. The third-order valence-corrected chi connectivity index (χ3v) is 3.87. The zero-order chi connectivity index (χ0) is 14.4. The molecule has 2 aromatic rings. The Morgan fingerprint density at radius 2 is 1.90 bits per heavy atom. The van der Waals surface area contributed by atoms with Gasteiger partial charge in [-0.2, -0.15) is 5.10 Å². The highest BCUT2D eigenvalue weighted by Gasteiger charge is 2.36. The molecule has 0 spiro atoms. The van der Waals surface area contributed by atoms with Crippen molar-refractivity contribution in [3.05, 3.63) is 52.3 Å². The van der Waals surface area contributed by atoms with E-state index in [0.29, 0.717) is 11.6 Å². The average molecular weight is 269 g/mol. The molecule has 104 valence electrons. The molecule has 4 heteroatoms. The largest absolute Gasteiger partial charge is 0.340 e. The van der Waals surface area contributed by atoms with Crippen molar-refractivity contribution in [2.24, 2.45) is 7.05 Å². The van der Waals surface area contributed by atoms with Gasteiger partial charge in [0.1, 0.15) is 0 Å². The summed E-state index contributed by atoms with van der Waals surface area (Å²) in [6.45, 7) is 6.32. The van der Waals surface area contributed by atoms with Crippen molar-refractivity contribution < 1.29 is 4.79 Å². The zero-order valence-corrected chi connectivity index (χ0v) is 12.3. The van der Waals surface area contributed by atoms with Crippen LogP contribution in [0.5, 0.6) is 0 Å². The monoisotopic (exact) mass is 269 g/mol. The second kappa shape index (κ2) is 4.47. The van der Waals surface area contributed by atoms with Crippen molar-refractivity contribution in [1.29, 1.82) is 0 Å². The summed E-state index contributed by atoms with van der Waals surface area (Å²) in [5, 5.41) is 7.43. The van der Waals surface area contributed by atoms with E-state index in [1.165, 1.54) is 5.56 Å². The summed E-state index contributed by atoms with van der Waals surface area (Å²) >= 11 is 0. The van der Waals surface area contributed by atoms with Gasteiger partial charge in [0.2, 0.25) is 0 Å². The first-order valence-corrected chi connectivity index (χ1v) is 6.93. The highest BCUT2D eigenvalue weighted by Crippen LogP contribution is 2.36. The van der Waals surface area contributed by atoms with E-state index in [4.69, 9.17) is 0 Å². The summed E-state index contributed by atoms with van der Waals surface area (Å²) in [6.07, 6.45) is 0. The number of nitrogens with one attached hydrogen (secondary N) is 1. The van der Waals surface area contributed by atoms with Gasteiger partial charge in [-0.1, -0.05) is 43.7 Å². The predicted octanol–water partition coefficient (Wildman–Crippen LogP) is 2.68.